The summed E-state index contributed by atoms with van der Waals surface area (Å²) in [4.78, 5) is 4.34. The normalized spacial score (nSPS) is 24.0. The molecule has 0 aliphatic carbocycles. The van der Waals surface area contributed by atoms with Crippen LogP contribution in [0.25, 0.3) is 0 Å². The predicted octanol–water partition coefficient (Wildman–Crippen LogP) is 3.11. The van der Waals surface area contributed by atoms with Crippen molar-refractivity contribution < 1.29 is 9.47 Å². The molecular weight excluding hydrogens is 278 g/mol. The van der Waals surface area contributed by atoms with Crippen LogP contribution in [0.15, 0.2) is 15.7 Å². The zero-order valence-electron chi connectivity index (χ0n) is 8.78. The molecule has 0 radical (unpaired) electrons. The van der Waals surface area contributed by atoms with E-state index in [0.29, 0.717) is 10.4 Å². The summed E-state index contributed by atoms with van der Waals surface area (Å²) in [6, 6.07) is 1.91. The topological polar surface area (TPSA) is 31.4 Å². The summed E-state index contributed by atoms with van der Waals surface area (Å²) >= 11 is 4.97. The highest BCUT2D eigenvalue weighted by atomic mass is 79.9. The average Bonchev–Trinajstić information content (AvgIpc) is 2.21. The van der Waals surface area contributed by atoms with Gasteiger partial charge in [0.05, 0.1) is 0 Å². The molecule has 82 valence electrons. The number of ether oxygens (including phenoxy) is 2. The van der Waals surface area contributed by atoms with E-state index in [4.69, 9.17) is 9.47 Å². The maximum Gasteiger partial charge on any atom is 0.194 e. The second kappa shape index (κ2) is 4.22. The van der Waals surface area contributed by atoms with Crippen molar-refractivity contribution in [1.29, 1.82) is 0 Å². The van der Waals surface area contributed by atoms with Gasteiger partial charge in [0, 0.05) is 6.07 Å². The standard InChI is InChI=1S/C10H12BrNO2S/c1-5-6(2)14-9-7(13-5)4-8(15-3)12-10(9)11/h4-6H,1-3H3. The fraction of sp³-hybridized carbons (Fsp3) is 0.500. The zero-order chi connectivity index (χ0) is 11.0. The Hall–Kier alpha value is -0.420. The Labute approximate surface area is 102 Å². The van der Waals surface area contributed by atoms with Gasteiger partial charge in [0.2, 0.25) is 0 Å². The van der Waals surface area contributed by atoms with Gasteiger partial charge in [-0.25, -0.2) is 4.98 Å². The van der Waals surface area contributed by atoms with Crippen LogP contribution < -0.4 is 9.47 Å². The highest BCUT2D eigenvalue weighted by Crippen LogP contribution is 2.40. The molecule has 0 amide bonds. The molecule has 0 saturated heterocycles. The van der Waals surface area contributed by atoms with Crippen molar-refractivity contribution in [3.8, 4) is 11.5 Å². The molecule has 2 rings (SSSR count). The molecule has 3 nitrogen and oxygen atoms in total. The molecule has 0 bridgehead atoms. The lowest BCUT2D eigenvalue weighted by molar-refractivity contribution is 0.0411. The van der Waals surface area contributed by atoms with Crippen molar-refractivity contribution in [3.05, 3.63) is 10.7 Å². The lowest BCUT2D eigenvalue weighted by Gasteiger charge is -2.30. The van der Waals surface area contributed by atoms with Gasteiger partial charge in [0.25, 0.3) is 0 Å². The number of hydrogen-bond donors (Lipinski definition) is 0. The first-order valence-corrected chi connectivity index (χ1v) is 6.71. The molecular formula is C10H12BrNO2S. The van der Waals surface area contributed by atoms with Crippen LogP contribution in [0.1, 0.15) is 13.8 Å². The quantitative estimate of drug-likeness (QED) is 0.587. The predicted molar refractivity (Wildman–Crippen MR) is 63.9 cm³/mol. The molecule has 5 heteroatoms. The van der Waals surface area contributed by atoms with Crippen molar-refractivity contribution in [2.45, 2.75) is 31.1 Å². The molecule has 1 aliphatic heterocycles. The smallest absolute Gasteiger partial charge is 0.194 e. The molecule has 15 heavy (non-hydrogen) atoms. The van der Waals surface area contributed by atoms with E-state index in [0.717, 1.165) is 10.8 Å². The Morgan fingerprint density at radius 3 is 2.67 bits per heavy atom. The molecule has 2 heterocycles. The summed E-state index contributed by atoms with van der Waals surface area (Å²) in [6.45, 7) is 3.99. The molecule has 2 unspecified atom stereocenters. The summed E-state index contributed by atoms with van der Waals surface area (Å²) in [5, 5.41) is 0.922. The largest absolute Gasteiger partial charge is 0.483 e. The number of thioether (sulfide) groups is 1. The van der Waals surface area contributed by atoms with Gasteiger partial charge in [0.1, 0.15) is 17.2 Å². The summed E-state index contributed by atoms with van der Waals surface area (Å²) < 4.78 is 12.2. The molecule has 1 aromatic heterocycles. The summed E-state index contributed by atoms with van der Waals surface area (Å²) in [7, 11) is 0. The fourth-order valence-corrected chi connectivity index (χ4v) is 2.34. The van der Waals surface area contributed by atoms with Gasteiger partial charge in [-0.05, 0) is 36.0 Å². The molecule has 0 saturated carbocycles. The monoisotopic (exact) mass is 289 g/mol. The third kappa shape index (κ3) is 2.08. The van der Waals surface area contributed by atoms with Crippen LogP contribution in [0, 0.1) is 0 Å². The van der Waals surface area contributed by atoms with Crippen molar-refractivity contribution in [3.63, 3.8) is 0 Å². The number of pyridine rings is 1. The van der Waals surface area contributed by atoms with E-state index in [9.17, 15) is 0 Å². The van der Waals surface area contributed by atoms with Gasteiger partial charge < -0.3 is 9.47 Å². The van der Waals surface area contributed by atoms with Crippen molar-refractivity contribution in [2.24, 2.45) is 0 Å². The van der Waals surface area contributed by atoms with Gasteiger partial charge >= 0.3 is 0 Å². The first-order chi connectivity index (χ1) is 7.11. The molecule has 0 spiro atoms. The fourth-order valence-electron chi connectivity index (χ4n) is 1.34. The van der Waals surface area contributed by atoms with Crippen molar-refractivity contribution in [1.82, 2.24) is 4.98 Å². The maximum atomic E-state index is 5.76. The number of fused-ring (bicyclic) bond motifs is 1. The second-order valence-corrected chi connectivity index (χ2v) is 5.01. The molecule has 1 aliphatic rings. The van der Waals surface area contributed by atoms with Crippen LogP contribution in [0.4, 0.5) is 0 Å². The van der Waals surface area contributed by atoms with Crippen LogP contribution in [0.5, 0.6) is 11.5 Å². The Bertz CT molecular complexity index is 386. The first-order valence-electron chi connectivity index (χ1n) is 4.69. The summed E-state index contributed by atoms with van der Waals surface area (Å²) in [6.07, 6.45) is 2.11. The van der Waals surface area contributed by atoms with E-state index in [-0.39, 0.29) is 12.2 Å². The minimum absolute atomic E-state index is 0.0516. The SMILES string of the molecule is CSc1cc2c(c(Br)n1)OC(C)C(C)O2. The van der Waals surface area contributed by atoms with Crippen LogP contribution in [0.2, 0.25) is 0 Å². The molecule has 0 fully saturated rings. The first kappa shape index (κ1) is 11.1. The van der Waals surface area contributed by atoms with Crippen molar-refractivity contribution >= 4 is 27.7 Å². The highest BCUT2D eigenvalue weighted by molar-refractivity contribution is 9.10. The van der Waals surface area contributed by atoms with Gasteiger partial charge in [0.15, 0.2) is 16.1 Å². The van der Waals surface area contributed by atoms with Crippen LogP contribution in [-0.2, 0) is 0 Å². The van der Waals surface area contributed by atoms with Gasteiger partial charge in [-0.2, -0.15) is 0 Å². The lowest BCUT2D eigenvalue weighted by atomic mass is 10.2. The van der Waals surface area contributed by atoms with Crippen LogP contribution >= 0.6 is 27.7 Å². The maximum absolute atomic E-state index is 5.76. The molecule has 0 N–H and O–H groups in total. The second-order valence-electron chi connectivity index (χ2n) is 3.43. The Morgan fingerprint density at radius 1 is 1.33 bits per heavy atom. The zero-order valence-corrected chi connectivity index (χ0v) is 11.2. The number of halogens is 1. The molecule has 2 atom stereocenters. The third-order valence-corrected chi connectivity index (χ3v) is 3.53. The number of hydrogen-bond acceptors (Lipinski definition) is 4. The summed E-state index contributed by atoms with van der Waals surface area (Å²) in [5.74, 6) is 1.48. The van der Waals surface area contributed by atoms with Gasteiger partial charge in [-0.15, -0.1) is 11.8 Å². The third-order valence-electron chi connectivity index (χ3n) is 2.36. The van der Waals surface area contributed by atoms with E-state index in [1.165, 1.54) is 0 Å². The Balaban J connectivity index is 2.43. The Morgan fingerprint density at radius 2 is 2.00 bits per heavy atom. The number of aromatic nitrogens is 1. The van der Waals surface area contributed by atoms with Crippen molar-refractivity contribution in [2.75, 3.05) is 6.26 Å². The van der Waals surface area contributed by atoms with E-state index in [2.05, 4.69) is 20.9 Å². The Kier molecular flexibility index (Phi) is 3.11. The van der Waals surface area contributed by atoms with Gasteiger partial charge in [-0.3, -0.25) is 0 Å². The van der Waals surface area contributed by atoms with Gasteiger partial charge in [-0.1, -0.05) is 0 Å². The van der Waals surface area contributed by atoms with E-state index >= 15 is 0 Å². The number of nitrogens with zero attached hydrogens (tertiary/aromatic N) is 1. The van der Waals surface area contributed by atoms with Crippen LogP contribution in [0.3, 0.4) is 0 Å². The lowest BCUT2D eigenvalue weighted by Crippen LogP contribution is -2.35. The average molecular weight is 290 g/mol. The van der Waals surface area contributed by atoms with Crippen LogP contribution in [-0.4, -0.2) is 23.4 Å². The van der Waals surface area contributed by atoms with E-state index < -0.39 is 0 Å². The summed E-state index contributed by atoms with van der Waals surface area (Å²) in [5.41, 5.74) is 0. The minimum atomic E-state index is 0.0516. The highest BCUT2D eigenvalue weighted by Gasteiger charge is 2.27. The minimum Gasteiger partial charge on any atom is -0.483 e. The van der Waals surface area contributed by atoms with E-state index in [1.54, 1.807) is 11.8 Å². The molecule has 0 aromatic carbocycles. The number of rotatable bonds is 1. The van der Waals surface area contributed by atoms with E-state index in [1.807, 2.05) is 26.2 Å². The molecule has 1 aromatic rings.